The molecule has 1 rings (SSSR count). The minimum atomic E-state index is 0.291. The van der Waals surface area contributed by atoms with Crippen molar-refractivity contribution in [2.75, 3.05) is 11.6 Å². The predicted molar refractivity (Wildman–Crippen MR) is 76.2 cm³/mol. The molecular weight excluding hydrogens is 262 g/mol. The highest BCUT2D eigenvalue weighted by Gasteiger charge is 2.33. The molecule has 1 N–H and O–H groups in total. The standard InChI is InChI=1S/C11H18ClNOS2/c1-8(2)9-7-16-11(15)13(9)10(14)5-3-4-6-12/h5,8-9,14H,3-4,6-7H2,1-2H3/b10-5-/t9-/m1/s1. The van der Waals surface area contributed by atoms with Crippen molar-refractivity contribution >= 4 is 39.9 Å². The zero-order valence-corrected chi connectivity index (χ0v) is 12.0. The Morgan fingerprint density at radius 1 is 1.75 bits per heavy atom. The van der Waals surface area contributed by atoms with Crippen LogP contribution in [0.1, 0.15) is 26.7 Å². The first-order valence-electron chi connectivity index (χ1n) is 5.49. The van der Waals surface area contributed by atoms with Crippen LogP contribution in [0.3, 0.4) is 0 Å². The number of rotatable bonds is 5. The summed E-state index contributed by atoms with van der Waals surface area (Å²) in [6.07, 6.45) is 3.49. The number of aliphatic hydroxyl groups excluding tert-OH is 1. The molecule has 0 aromatic rings. The summed E-state index contributed by atoms with van der Waals surface area (Å²) in [7, 11) is 0. The lowest BCUT2D eigenvalue weighted by atomic mass is 10.1. The number of halogens is 1. The first-order valence-corrected chi connectivity index (χ1v) is 7.41. The molecule has 0 aromatic carbocycles. The first kappa shape index (κ1) is 14.1. The van der Waals surface area contributed by atoms with Gasteiger partial charge in [0.2, 0.25) is 0 Å². The summed E-state index contributed by atoms with van der Waals surface area (Å²) in [5.74, 6) is 2.36. The number of hydrogen-bond acceptors (Lipinski definition) is 3. The number of allylic oxidation sites excluding steroid dienone is 1. The fourth-order valence-corrected chi connectivity index (χ4v) is 3.40. The average molecular weight is 280 g/mol. The summed E-state index contributed by atoms with van der Waals surface area (Å²) in [5.41, 5.74) is 0. The van der Waals surface area contributed by atoms with E-state index in [9.17, 15) is 5.11 Å². The second-order valence-corrected chi connectivity index (χ2v) is 6.18. The molecule has 0 unspecified atom stereocenters. The molecule has 1 saturated heterocycles. The van der Waals surface area contributed by atoms with E-state index in [-0.39, 0.29) is 0 Å². The summed E-state index contributed by atoms with van der Waals surface area (Å²) in [5, 5.41) is 10.0. The molecule has 1 heterocycles. The van der Waals surface area contributed by atoms with E-state index in [4.69, 9.17) is 23.8 Å². The number of alkyl halides is 1. The van der Waals surface area contributed by atoms with Crippen molar-refractivity contribution in [1.29, 1.82) is 0 Å². The molecule has 0 saturated carbocycles. The number of unbranched alkanes of at least 4 members (excludes halogenated alkanes) is 1. The van der Waals surface area contributed by atoms with E-state index in [0.29, 0.717) is 23.7 Å². The molecule has 92 valence electrons. The van der Waals surface area contributed by atoms with Gasteiger partial charge in [-0.1, -0.05) is 37.8 Å². The fourth-order valence-electron chi connectivity index (χ4n) is 1.60. The second kappa shape index (κ2) is 6.72. The van der Waals surface area contributed by atoms with Gasteiger partial charge < -0.3 is 5.11 Å². The van der Waals surface area contributed by atoms with Crippen LogP contribution in [-0.2, 0) is 0 Å². The van der Waals surface area contributed by atoms with Crippen molar-refractivity contribution in [2.24, 2.45) is 5.92 Å². The summed E-state index contributed by atoms with van der Waals surface area (Å²) in [4.78, 5) is 1.87. The van der Waals surface area contributed by atoms with E-state index in [0.717, 1.165) is 22.9 Å². The Labute approximate surface area is 112 Å². The predicted octanol–water partition coefficient (Wildman–Crippen LogP) is 3.76. The van der Waals surface area contributed by atoms with Crippen LogP contribution in [-0.4, -0.2) is 32.0 Å². The van der Waals surface area contributed by atoms with Crippen molar-refractivity contribution < 1.29 is 5.11 Å². The lowest BCUT2D eigenvalue weighted by Gasteiger charge is -2.27. The quantitative estimate of drug-likeness (QED) is 0.358. The highest BCUT2D eigenvalue weighted by molar-refractivity contribution is 8.23. The molecule has 1 aliphatic rings. The summed E-state index contributed by atoms with van der Waals surface area (Å²) < 4.78 is 0.776. The van der Waals surface area contributed by atoms with Gasteiger partial charge in [-0.25, -0.2) is 0 Å². The molecule has 0 aliphatic carbocycles. The zero-order chi connectivity index (χ0) is 12.1. The summed E-state index contributed by atoms with van der Waals surface area (Å²) in [6.45, 7) is 4.30. The van der Waals surface area contributed by atoms with Gasteiger partial charge in [-0.05, 0) is 24.8 Å². The Balaban J connectivity index is 2.67. The number of thioether (sulfide) groups is 1. The maximum absolute atomic E-state index is 10.0. The number of aliphatic hydroxyl groups is 1. The molecule has 0 aromatic heterocycles. The van der Waals surface area contributed by atoms with Crippen LogP contribution in [0.25, 0.3) is 0 Å². The minimum Gasteiger partial charge on any atom is -0.495 e. The molecule has 0 bridgehead atoms. The Hall–Kier alpha value is 0.0700. The van der Waals surface area contributed by atoms with E-state index in [1.165, 1.54) is 0 Å². The minimum absolute atomic E-state index is 0.291. The van der Waals surface area contributed by atoms with Gasteiger partial charge in [-0.15, -0.1) is 11.6 Å². The molecule has 2 nitrogen and oxygen atoms in total. The second-order valence-electron chi connectivity index (χ2n) is 4.15. The van der Waals surface area contributed by atoms with E-state index >= 15 is 0 Å². The number of hydrogen-bond donors (Lipinski definition) is 1. The Morgan fingerprint density at radius 2 is 2.44 bits per heavy atom. The molecule has 1 aliphatic heterocycles. The molecule has 1 fully saturated rings. The fraction of sp³-hybridized carbons (Fsp3) is 0.727. The van der Waals surface area contributed by atoms with E-state index in [1.807, 2.05) is 11.0 Å². The maximum Gasteiger partial charge on any atom is 0.188 e. The normalized spacial score (nSPS) is 22.2. The largest absolute Gasteiger partial charge is 0.495 e. The number of thiocarbonyl (C=S) groups is 1. The van der Waals surface area contributed by atoms with Crippen molar-refractivity contribution in [3.05, 3.63) is 12.0 Å². The molecular formula is C11H18ClNOS2. The van der Waals surface area contributed by atoms with Crippen LogP contribution in [0.4, 0.5) is 0 Å². The van der Waals surface area contributed by atoms with Crippen LogP contribution in [0.5, 0.6) is 0 Å². The Kier molecular flexibility index (Phi) is 5.94. The van der Waals surface area contributed by atoms with Gasteiger partial charge in [0.1, 0.15) is 4.32 Å². The first-order chi connectivity index (χ1) is 7.57. The third kappa shape index (κ3) is 3.54. The maximum atomic E-state index is 10.0. The molecule has 0 amide bonds. The Morgan fingerprint density at radius 3 is 3.00 bits per heavy atom. The van der Waals surface area contributed by atoms with E-state index in [2.05, 4.69) is 13.8 Å². The van der Waals surface area contributed by atoms with Crippen molar-refractivity contribution in [2.45, 2.75) is 32.7 Å². The third-order valence-electron chi connectivity index (χ3n) is 2.59. The van der Waals surface area contributed by atoms with E-state index in [1.54, 1.807) is 11.8 Å². The van der Waals surface area contributed by atoms with Gasteiger partial charge in [0.15, 0.2) is 5.88 Å². The van der Waals surface area contributed by atoms with Crippen LogP contribution in [0, 0.1) is 5.92 Å². The monoisotopic (exact) mass is 279 g/mol. The van der Waals surface area contributed by atoms with Crippen LogP contribution < -0.4 is 0 Å². The molecule has 1 atom stereocenters. The molecule has 16 heavy (non-hydrogen) atoms. The lowest BCUT2D eigenvalue weighted by Crippen LogP contribution is -2.36. The highest BCUT2D eigenvalue weighted by Crippen LogP contribution is 2.31. The smallest absolute Gasteiger partial charge is 0.188 e. The Bertz CT molecular complexity index is 281. The highest BCUT2D eigenvalue weighted by atomic mass is 35.5. The topological polar surface area (TPSA) is 23.5 Å². The van der Waals surface area contributed by atoms with Crippen LogP contribution in [0.15, 0.2) is 12.0 Å². The van der Waals surface area contributed by atoms with Crippen molar-refractivity contribution in [1.82, 2.24) is 4.90 Å². The zero-order valence-electron chi connectivity index (χ0n) is 9.65. The number of nitrogens with zero attached hydrogens (tertiary/aromatic N) is 1. The van der Waals surface area contributed by atoms with Gasteiger partial charge in [-0.3, -0.25) is 4.90 Å². The van der Waals surface area contributed by atoms with Gasteiger partial charge in [-0.2, -0.15) is 0 Å². The molecule has 5 heteroatoms. The average Bonchev–Trinajstić information content (AvgIpc) is 2.60. The van der Waals surface area contributed by atoms with Crippen LogP contribution >= 0.6 is 35.6 Å². The van der Waals surface area contributed by atoms with Crippen LogP contribution in [0.2, 0.25) is 0 Å². The van der Waals surface area contributed by atoms with Gasteiger partial charge >= 0.3 is 0 Å². The summed E-state index contributed by atoms with van der Waals surface area (Å²) >= 11 is 12.5. The van der Waals surface area contributed by atoms with Gasteiger partial charge in [0.25, 0.3) is 0 Å². The van der Waals surface area contributed by atoms with E-state index < -0.39 is 0 Å². The van der Waals surface area contributed by atoms with Gasteiger partial charge in [0.05, 0.1) is 6.04 Å². The van der Waals surface area contributed by atoms with Crippen molar-refractivity contribution in [3.8, 4) is 0 Å². The SMILES string of the molecule is CC(C)[C@H]1CSC(=S)N1/C(O)=C/CCCCl. The van der Waals surface area contributed by atoms with Crippen molar-refractivity contribution in [3.63, 3.8) is 0 Å². The molecule has 0 radical (unpaired) electrons. The summed E-state index contributed by atoms with van der Waals surface area (Å²) in [6, 6.07) is 0.310. The molecule has 0 spiro atoms. The lowest BCUT2D eigenvalue weighted by molar-refractivity contribution is 0.218. The van der Waals surface area contributed by atoms with Gasteiger partial charge in [0, 0.05) is 11.6 Å². The third-order valence-corrected chi connectivity index (χ3v) is 4.36.